The molecule has 0 radical (unpaired) electrons. The summed E-state index contributed by atoms with van der Waals surface area (Å²) in [5.74, 6) is 3.13. The van der Waals surface area contributed by atoms with Gasteiger partial charge in [0.2, 0.25) is 0 Å². The van der Waals surface area contributed by atoms with Gasteiger partial charge in [0.1, 0.15) is 43.2 Å². The fraction of sp³-hybridized carbons (Fsp3) is 0.597. The van der Waals surface area contributed by atoms with Crippen LogP contribution in [0.4, 0.5) is 28.8 Å². The summed E-state index contributed by atoms with van der Waals surface area (Å²) in [4.78, 5) is 88.7. The second kappa shape index (κ2) is 36.3. The Morgan fingerprint density at radius 1 is 0.364 bits per heavy atom. The second-order valence-electron chi connectivity index (χ2n) is 30.5. The molecule has 4 saturated carbocycles. The summed E-state index contributed by atoms with van der Waals surface area (Å²) in [5.41, 5.74) is 2.58. The van der Waals surface area contributed by atoms with Gasteiger partial charge >= 0.3 is 42.5 Å². The van der Waals surface area contributed by atoms with Crippen molar-refractivity contribution in [2.75, 3.05) is 59.4 Å². The zero-order valence-electron chi connectivity index (χ0n) is 60.2. The van der Waals surface area contributed by atoms with Crippen molar-refractivity contribution in [2.24, 2.45) is 47.3 Å². The molecule has 0 spiro atoms. The number of ether oxygens (including phenoxy) is 7. The Morgan fingerprint density at radius 3 is 0.838 bits per heavy atom. The number of hydrogen-bond donors (Lipinski definition) is 5. The van der Waals surface area contributed by atoms with Crippen LogP contribution in [-0.2, 0) is 64.4 Å². The molecule has 5 N–H and O–H groups in total. The van der Waals surface area contributed by atoms with Gasteiger partial charge in [-0.25, -0.2) is 28.8 Å². The lowest BCUT2D eigenvalue weighted by Crippen LogP contribution is -2.54. The average molecular weight is 1370 g/mol. The van der Waals surface area contributed by atoms with E-state index in [1.807, 2.05) is 196 Å². The molecule has 4 heterocycles. The molecule has 8 aliphatic rings. The van der Waals surface area contributed by atoms with Crippen molar-refractivity contribution in [1.29, 1.82) is 0 Å². The highest BCUT2D eigenvalue weighted by atomic mass is 16.6. The second-order valence-corrected chi connectivity index (χ2v) is 30.5. The first-order valence-electron chi connectivity index (χ1n) is 35.6. The summed E-state index contributed by atoms with van der Waals surface area (Å²) in [6.45, 7) is 25.7. The lowest BCUT2D eigenvalue weighted by molar-refractivity contribution is -0.142. The van der Waals surface area contributed by atoms with Crippen molar-refractivity contribution in [2.45, 2.75) is 188 Å². The summed E-state index contributed by atoms with van der Waals surface area (Å²) in [6, 6.07) is 39.8. The summed E-state index contributed by atoms with van der Waals surface area (Å²) >= 11 is 0. The van der Waals surface area contributed by atoms with E-state index in [2.05, 4.69) is 26.6 Å². The van der Waals surface area contributed by atoms with E-state index in [1.165, 1.54) is 32.6 Å². The van der Waals surface area contributed by atoms with Gasteiger partial charge < -0.3 is 74.4 Å². The Hall–Kier alpha value is -8.11. The number of amides is 6. The van der Waals surface area contributed by atoms with Crippen LogP contribution in [0, 0.1) is 47.3 Å². The Morgan fingerprint density at radius 2 is 0.596 bits per heavy atom. The third kappa shape index (κ3) is 24.9. The predicted molar refractivity (Wildman–Crippen MR) is 377 cm³/mol. The van der Waals surface area contributed by atoms with Crippen LogP contribution in [-0.4, -0.2) is 158 Å². The first-order valence-corrected chi connectivity index (χ1v) is 35.6. The molecule has 12 rings (SSSR count). The van der Waals surface area contributed by atoms with Gasteiger partial charge in [-0.1, -0.05) is 121 Å². The molecule has 4 aromatic carbocycles. The zero-order valence-corrected chi connectivity index (χ0v) is 60.2. The molecular formula is C77H110N8O14. The molecule has 4 saturated heterocycles. The third-order valence-electron chi connectivity index (χ3n) is 19.3. The highest BCUT2D eigenvalue weighted by Gasteiger charge is 2.47. The summed E-state index contributed by atoms with van der Waals surface area (Å²) < 4.78 is 37.2. The van der Waals surface area contributed by atoms with E-state index in [1.54, 1.807) is 9.80 Å². The maximum absolute atomic E-state index is 12.4. The van der Waals surface area contributed by atoms with Crippen molar-refractivity contribution < 1.29 is 66.7 Å². The number of benzene rings is 4. The SMILES string of the molecule is CC(=O)OCc1ccccc1.CC(C)(C)OC(=O)NC1[C@@H]2CC[C@H]1CN(C(=O)OCc1ccccc1)C2.CC(C)(C)OC(=O)NC1[C@@H]2CC[C@H]1CN(C(=O)OCc1ccccc1)C2.CC(C)(C)OC(=O)NC1[C@@H]2CC[C@H]1CNC2.CNC1[C@@H]2CC[C@H]1CN(C(=O)OCc1ccccc1)C2. The highest BCUT2D eigenvalue weighted by Crippen LogP contribution is 2.40. The van der Waals surface area contributed by atoms with Gasteiger partial charge in [0.15, 0.2) is 0 Å². The minimum atomic E-state index is -0.509. The number of rotatable bonds is 12. The van der Waals surface area contributed by atoms with Gasteiger partial charge in [-0.15, -0.1) is 0 Å². The number of hydrogen-bond acceptors (Lipinski definition) is 16. The maximum atomic E-state index is 12.4. The molecule has 22 heteroatoms. The average Bonchev–Trinajstić information content (AvgIpc) is 1.70. The number of fused-ring (bicyclic) bond motifs is 8. The monoisotopic (exact) mass is 1370 g/mol. The smallest absolute Gasteiger partial charge is 0.410 e. The number of likely N-dealkylation sites (tertiary alicyclic amines) is 3. The Labute approximate surface area is 586 Å². The molecule has 12 atom stereocenters. The fourth-order valence-corrected chi connectivity index (χ4v) is 14.9. The molecule has 8 bridgehead atoms. The number of alkyl carbamates (subject to hydrolysis) is 3. The molecule has 0 aromatic heterocycles. The van der Waals surface area contributed by atoms with Crippen molar-refractivity contribution in [1.82, 2.24) is 41.3 Å². The van der Waals surface area contributed by atoms with Crippen LogP contribution in [0.1, 0.15) is 143 Å². The first-order chi connectivity index (χ1) is 47.1. The van der Waals surface area contributed by atoms with E-state index in [4.69, 9.17) is 33.2 Å². The number of nitrogens with one attached hydrogen (secondary N) is 5. The number of piperidine rings is 4. The lowest BCUT2D eigenvalue weighted by atomic mass is 9.92. The molecule has 4 unspecified atom stereocenters. The molecule has 4 aromatic rings. The summed E-state index contributed by atoms with van der Waals surface area (Å²) in [5, 5.41) is 15.9. The normalized spacial score (nSPS) is 25.3. The van der Waals surface area contributed by atoms with Crippen molar-refractivity contribution >= 4 is 42.5 Å². The predicted octanol–water partition coefficient (Wildman–Crippen LogP) is 12.6. The Balaban J connectivity index is 0.000000162. The molecule has 542 valence electrons. The van der Waals surface area contributed by atoms with E-state index >= 15 is 0 Å². The van der Waals surface area contributed by atoms with Crippen LogP contribution in [0.15, 0.2) is 121 Å². The molecule has 22 nitrogen and oxygen atoms in total. The minimum absolute atomic E-state index is 0.0722. The van der Waals surface area contributed by atoms with E-state index in [0.29, 0.717) is 75.1 Å². The van der Waals surface area contributed by atoms with E-state index in [9.17, 15) is 33.6 Å². The van der Waals surface area contributed by atoms with Crippen molar-refractivity contribution in [3.05, 3.63) is 144 Å². The summed E-state index contributed by atoms with van der Waals surface area (Å²) in [7, 11) is 2.03. The fourth-order valence-electron chi connectivity index (χ4n) is 14.9. The molecule has 8 fully saturated rings. The number of nitrogens with zero attached hydrogens (tertiary/aromatic N) is 3. The van der Waals surface area contributed by atoms with E-state index in [0.717, 1.165) is 74.1 Å². The first kappa shape index (κ1) is 76.6. The van der Waals surface area contributed by atoms with Crippen molar-refractivity contribution in [3.8, 4) is 0 Å². The third-order valence-corrected chi connectivity index (χ3v) is 19.3. The molecule has 6 amide bonds. The van der Waals surface area contributed by atoms with Crippen LogP contribution in [0.5, 0.6) is 0 Å². The molecule has 4 aliphatic carbocycles. The van der Waals surface area contributed by atoms with E-state index in [-0.39, 0.29) is 91.5 Å². The van der Waals surface area contributed by atoms with Gasteiger partial charge in [-0.2, -0.15) is 0 Å². The molecule has 4 aliphatic heterocycles. The van der Waals surface area contributed by atoms with Gasteiger partial charge in [0, 0.05) is 70.4 Å². The molecule has 99 heavy (non-hydrogen) atoms. The van der Waals surface area contributed by atoms with Crippen LogP contribution < -0.4 is 26.6 Å². The maximum Gasteiger partial charge on any atom is 0.410 e. The van der Waals surface area contributed by atoms with Crippen molar-refractivity contribution in [3.63, 3.8) is 0 Å². The van der Waals surface area contributed by atoms with Gasteiger partial charge in [0.25, 0.3) is 0 Å². The molecular weight excluding hydrogens is 1260 g/mol. The van der Waals surface area contributed by atoms with Gasteiger partial charge in [-0.05, 0) is 203 Å². The lowest BCUT2D eigenvalue weighted by Gasteiger charge is -2.37. The van der Waals surface area contributed by atoms with Crippen LogP contribution in [0.2, 0.25) is 0 Å². The van der Waals surface area contributed by atoms with Crippen LogP contribution in [0.25, 0.3) is 0 Å². The number of carbonyl (C=O) groups excluding carboxylic acids is 7. The van der Waals surface area contributed by atoms with E-state index < -0.39 is 16.8 Å². The van der Waals surface area contributed by atoms with Crippen LogP contribution >= 0.6 is 0 Å². The van der Waals surface area contributed by atoms with Gasteiger partial charge in [-0.3, -0.25) is 4.79 Å². The number of carbonyl (C=O) groups is 7. The standard InChI is InChI=1S/2C20H28N2O4.C16H22N2O2.C12H22N2O2.C9H10O2/c2*1-20(2,3)26-18(23)21-17-15-9-10-16(17)12-22(11-15)19(24)25-13-14-7-5-4-6-8-14;1-17-15-13-7-8-14(15)10-18(9-13)16(19)20-11-12-5-3-2-4-6-12;1-12(2,3)16-11(15)14-10-8-4-5-9(10)7-13-6-8;1-8(10)11-7-9-5-3-2-4-6-9/h2*4-8,15-17H,9-13H2,1-3H3,(H,21,23);2-6,13-15,17H,7-11H2,1H3;8-10,13H,4-7H2,1-3H3,(H,14,15);2-6H,7H2,1H3/t2*15-,16+,17?;13-,14+,15?;8-,9+,10?;. The topological polar surface area (TPSA) is 254 Å². The highest BCUT2D eigenvalue weighted by molar-refractivity contribution is 5.71. The zero-order chi connectivity index (χ0) is 71.3. The Bertz CT molecular complexity index is 3030. The largest absolute Gasteiger partial charge is 0.461 e. The van der Waals surface area contributed by atoms with Crippen LogP contribution in [0.3, 0.4) is 0 Å². The summed E-state index contributed by atoms with van der Waals surface area (Å²) in [6.07, 6.45) is 7.18. The minimum Gasteiger partial charge on any atom is -0.461 e. The Kier molecular flexibility index (Phi) is 28.1. The quantitative estimate of drug-likeness (QED) is 0.0653. The van der Waals surface area contributed by atoms with Gasteiger partial charge in [0.05, 0.1) is 0 Å². The number of esters is 1.